The standard InChI is InChI=1S/C20H25N5O2S2/c1-12(2)25-17(9-27-16-8-13(3)6-7-14(16)4)23-24-20(25)29-11-18(26)22-19-21-15(5)10-28-19/h6-8,10,12H,9,11H2,1-5H3,(H,21,22,26). The molecule has 0 aliphatic heterocycles. The first-order valence-corrected chi connectivity index (χ1v) is 11.2. The number of thioether (sulfide) groups is 1. The van der Waals surface area contributed by atoms with Gasteiger partial charge in [-0.05, 0) is 51.8 Å². The zero-order valence-electron chi connectivity index (χ0n) is 17.2. The van der Waals surface area contributed by atoms with Crippen molar-refractivity contribution in [3.63, 3.8) is 0 Å². The summed E-state index contributed by atoms with van der Waals surface area (Å²) in [5.41, 5.74) is 3.12. The molecule has 0 unspecified atom stereocenters. The quantitative estimate of drug-likeness (QED) is 0.527. The van der Waals surface area contributed by atoms with Gasteiger partial charge in [0, 0.05) is 11.4 Å². The van der Waals surface area contributed by atoms with Crippen LogP contribution in [0, 0.1) is 20.8 Å². The molecular formula is C20H25N5O2S2. The maximum Gasteiger partial charge on any atom is 0.236 e. The number of hydrogen-bond donors (Lipinski definition) is 1. The summed E-state index contributed by atoms with van der Waals surface area (Å²) in [4.78, 5) is 16.5. The predicted molar refractivity (Wildman–Crippen MR) is 117 cm³/mol. The average Bonchev–Trinajstić information content (AvgIpc) is 3.26. The van der Waals surface area contributed by atoms with Gasteiger partial charge >= 0.3 is 0 Å². The third-order valence-electron chi connectivity index (χ3n) is 4.15. The fourth-order valence-corrected chi connectivity index (χ4v) is 4.32. The number of nitrogens with zero attached hydrogens (tertiary/aromatic N) is 4. The van der Waals surface area contributed by atoms with E-state index in [1.807, 2.05) is 42.9 Å². The fraction of sp³-hybridized carbons (Fsp3) is 0.400. The average molecular weight is 432 g/mol. The number of amides is 1. The van der Waals surface area contributed by atoms with E-state index in [1.54, 1.807) is 0 Å². The number of rotatable bonds is 8. The van der Waals surface area contributed by atoms with Crippen molar-refractivity contribution in [3.8, 4) is 5.75 Å². The van der Waals surface area contributed by atoms with Crippen molar-refractivity contribution in [1.29, 1.82) is 0 Å². The lowest BCUT2D eigenvalue weighted by molar-refractivity contribution is -0.113. The van der Waals surface area contributed by atoms with Crippen molar-refractivity contribution in [2.45, 2.75) is 52.4 Å². The maximum absolute atomic E-state index is 12.2. The molecule has 0 saturated heterocycles. The molecule has 3 rings (SSSR count). The van der Waals surface area contributed by atoms with Gasteiger partial charge in [-0.1, -0.05) is 23.9 Å². The second kappa shape index (κ2) is 9.41. The highest BCUT2D eigenvalue weighted by atomic mass is 32.2. The van der Waals surface area contributed by atoms with Crippen LogP contribution >= 0.6 is 23.1 Å². The Morgan fingerprint density at radius 2 is 2.07 bits per heavy atom. The predicted octanol–water partition coefficient (Wildman–Crippen LogP) is 4.55. The van der Waals surface area contributed by atoms with Crippen molar-refractivity contribution >= 4 is 34.1 Å². The summed E-state index contributed by atoms with van der Waals surface area (Å²) >= 11 is 2.77. The highest BCUT2D eigenvalue weighted by Gasteiger charge is 2.17. The van der Waals surface area contributed by atoms with E-state index in [9.17, 15) is 4.79 Å². The molecule has 1 amide bonds. The molecule has 0 spiro atoms. The molecule has 0 aliphatic carbocycles. The molecule has 3 aromatic rings. The Kier molecular flexibility index (Phi) is 6.92. The number of carbonyl (C=O) groups is 1. The van der Waals surface area contributed by atoms with Crippen LogP contribution < -0.4 is 10.1 Å². The van der Waals surface area contributed by atoms with Crippen molar-refractivity contribution in [3.05, 3.63) is 46.2 Å². The Hall–Kier alpha value is -2.39. The lowest BCUT2D eigenvalue weighted by Crippen LogP contribution is -2.15. The van der Waals surface area contributed by atoms with Gasteiger partial charge in [0.25, 0.3) is 0 Å². The number of carbonyl (C=O) groups excluding carboxylic acids is 1. The van der Waals surface area contributed by atoms with Gasteiger partial charge in [-0.15, -0.1) is 21.5 Å². The van der Waals surface area contributed by atoms with Crippen LogP contribution in [0.2, 0.25) is 0 Å². The molecule has 0 atom stereocenters. The Morgan fingerprint density at radius 3 is 2.76 bits per heavy atom. The van der Waals surface area contributed by atoms with Crippen LogP contribution in [-0.2, 0) is 11.4 Å². The molecule has 2 heterocycles. The van der Waals surface area contributed by atoms with E-state index in [0.717, 1.165) is 28.4 Å². The lowest BCUT2D eigenvalue weighted by Gasteiger charge is -2.15. The first-order chi connectivity index (χ1) is 13.8. The number of anilines is 1. The van der Waals surface area contributed by atoms with E-state index >= 15 is 0 Å². The minimum atomic E-state index is -0.115. The van der Waals surface area contributed by atoms with Gasteiger partial charge < -0.3 is 14.6 Å². The summed E-state index contributed by atoms with van der Waals surface area (Å²) in [6.07, 6.45) is 0. The summed E-state index contributed by atoms with van der Waals surface area (Å²) in [6, 6.07) is 6.27. The molecule has 0 bridgehead atoms. The van der Waals surface area contributed by atoms with Crippen molar-refractivity contribution < 1.29 is 9.53 Å². The molecule has 0 aliphatic rings. The number of nitrogens with one attached hydrogen (secondary N) is 1. The van der Waals surface area contributed by atoms with Gasteiger partial charge in [-0.2, -0.15) is 0 Å². The van der Waals surface area contributed by atoms with Crippen LogP contribution in [0.15, 0.2) is 28.7 Å². The highest BCUT2D eigenvalue weighted by molar-refractivity contribution is 7.99. The van der Waals surface area contributed by atoms with E-state index < -0.39 is 0 Å². The van der Waals surface area contributed by atoms with Crippen LogP contribution in [0.5, 0.6) is 5.75 Å². The molecule has 0 saturated carbocycles. The van der Waals surface area contributed by atoms with Crippen LogP contribution in [0.1, 0.15) is 42.5 Å². The third kappa shape index (κ3) is 5.57. The summed E-state index contributed by atoms with van der Waals surface area (Å²) in [6.45, 7) is 10.4. The van der Waals surface area contributed by atoms with Gasteiger partial charge in [0.1, 0.15) is 12.4 Å². The number of benzene rings is 1. The van der Waals surface area contributed by atoms with E-state index in [4.69, 9.17) is 4.74 Å². The van der Waals surface area contributed by atoms with Crippen molar-refractivity contribution in [2.75, 3.05) is 11.1 Å². The molecule has 1 N–H and O–H groups in total. The second-order valence-corrected chi connectivity index (χ2v) is 8.85. The molecule has 7 nitrogen and oxygen atoms in total. The Morgan fingerprint density at radius 1 is 1.28 bits per heavy atom. The first kappa shape index (κ1) is 21.3. The molecule has 2 aromatic heterocycles. The molecule has 1 aromatic carbocycles. The number of hydrogen-bond acceptors (Lipinski definition) is 7. The molecule has 9 heteroatoms. The monoisotopic (exact) mass is 431 g/mol. The fourth-order valence-electron chi connectivity index (χ4n) is 2.72. The zero-order chi connectivity index (χ0) is 21.0. The second-order valence-electron chi connectivity index (χ2n) is 7.05. The number of aryl methyl sites for hydroxylation is 3. The largest absolute Gasteiger partial charge is 0.485 e. The molecule has 0 fully saturated rings. The Bertz CT molecular complexity index is 997. The Labute approximate surface area is 178 Å². The van der Waals surface area contributed by atoms with Crippen molar-refractivity contribution in [2.24, 2.45) is 0 Å². The summed E-state index contributed by atoms with van der Waals surface area (Å²) in [7, 11) is 0. The smallest absolute Gasteiger partial charge is 0.236 e. The zero-order valence-corrected chi connectivity index (χ0v) is 18.9. The van der Waals surface area contributed by atoms with Gasteiger partial charge in [-0.25, -0.2) is 4.98 Å². The van der Waals surface area contributed by atoms with Gasteiger partial charge in [0.05, 0.1) is 11.4 Å². The van der Waals surface area contributed by atoms with Gasteiger partial charge in [0.2, 0.25) is 5.91 Å². The molecule has 154 valence electrons. The normalized spacial score (nSPS) is 11.1. The molecular weight excluding hydrogens is 406 g/mol. The van der Waals surface area contributed by atoms with Crippen LogP contribution in [0.3, 0.4) is 0 Å². The SMILES string of the molecule is Cc1ccc(C)c(OCc2nnc(SCC(=O)Nc3nc(C)cs3)n2C(C)C)c1. The Balaban J connectivity index is 1.65. The van der Waals surface area contributed by atoms with Crippen LogP contribution in [0.4, 0.5) is 5.13 Å². The van der Waals surface area contributed by atoms with E-state index in [-0.39, 0.29) is 17.7 Å². The number of aromatic nitrogens is 4. The number of ether oxygens (including phenoxy) is 1. The first-order valence-electron chi connectivity index (χ1n) is 9.32. The molecule has 0 radical (unpaired) electrons. The highest BCUT2D eigenvalue weighted by Crippen LogP contribution is 2.25. The van der Waals surface area contributed by atoms with Crippen LogP contribution in [0.25, 0.3) is 0 Å². The lowest BCUT2D eigenvalue weighted by atomic mass is 10.1. The summed E-state index contributed by atoms with van der Waals surface area (Å²) in [5, 5.41) is 14.6. The summed E-state index contributed by atoms with van der Waals surface area (Å²) < 4.78 is 8.01. The van der Waals surface area contributed by atoms with E-state index in [0.29, 0.717) is 16.9 Å². The minimum Gasteiger partial charge on any atom is -0.485 e. The van der Waals surface area contributed by atoms with Crippen molar-refractivity contribution in [1.82, 2.24) is 19.7 Å². The summed E-state index contributed by atoms with van der Waals surface area (Å²) in [5.74, 6) is 1.70. The van der Waals surface area contributed by atoms with E-state index in [2.05, 4.69) is 40.4 Å². The molecule has 29 heavy (non-hydrogen) atoms. The number of thiazole rings is 1. The third-order valence-corrected chi connectivity index (χ3v) is 5.97. The minimum absolute atomic E-state index is 0.115. The maximum atomic E-state index is 12.2. The topological polar surface area (TPSA) is 81.9 Å². The van der Waals surface area contributed by atoms with Gasteiger partial charge in [0.15, 0.2) is 16.1 Å². The van der Waals surface area contributed by atoms with Crippen LogP contribution in [-0.4, -0.2) is 31.4 Å². The van der Waals surface area contributed by atoms with E-state index in [1.165, 1.54) is 23.1 Å². The van der Waals surface area contributed by atoms with Gasteiger partial charge in [-0.3, -0.25) is 4.79 Å².